The van der Waals surface area contributed by atoms with Gasteiger partial charge in [0.25, 0.3) is 11.5 Å². The molecule has 0 spiro atoms. The Hall–Kier alpha value is -3.30. The summed E-state index contributed by atoms with van der Waals surface area (Å²) in [5.41, 5.74) is -0.0510. The third-order valence-corrected chi connectivity index (χ3v) is 4.88. The lowest BCUT2D eigenvalue weighted by molar-refractivity contribution is 0.0697. The highest BCUT2D eigenvalue weighted by atomic mass is 16.2. The maximum absolute atomic E-state index is 12.5. The zero-order valence-electron chi connectivity index (χ0n) is 16.2. The van der Waals surface area contributed by atoms with E-state index < -0.39 is 5.56 Å². The first-order chi connectivity index (χ1) is 13.3. The second-order valence-corrected chi connectivity index (χ2v) is 7.98. The van der Waals surface area contributed by atoms with E-state index in [1.54, 1.807) is 16.5 Å². The van der Waals surface area contributed by atoms with Crippen molar-refractivity contribution in [1.29, 1.82) is 0 Å². The van der Waals surface area contributed by atoms with Gasteiger partial charge in [0.1, 0.15) is 5.82 Å². The number of carbonyl (C=O) groups excluding carboxylic acids is 1. The summed E-state index contributed by atoms with van der Waals surface area (Å²) < 4.78 is 1.77. The first kappa shape index (κ1) is 18.1. The van der Waals surface area contributed by atoms with Crippen molar-refractivity contribution in [3.63, 3.8) is 0 Å². The van der Waals surface area contributed by atoms with E-state index in [1.807, 2.05) is 12.1 Å². The maximum atomic E-state index is 12.5. The van der Waals surface area contributed by atoms with Gasteiger partial charge in [-0.25, -0.2) is 4.98 Å². The van der Waals surface area contributed by atoms with E-state index in [0.717, 1.165) is 11.6 Å². The summed E-state index contributed by atoms with van der Waals surface area (Å²) in [7, 11) is 1.69. The minimum Gasteiger partial charge on any atom is -0.351 e. The number of carbonyl (C=O) groups is 1. The molecule has 3 aromatic rings. The van der Waals surface area contributed by atoms with Crippen LogP contribution in [0.2, 0.25) is 0 Å². The fourth-order valence-electron chi connectivity index (χ4n) is 3.14. The summed E-state index contributed by atoms with van der Waals surface area (Å²) in [5, 5.41) is 13.1. The molecule has 4 rings (SSSR count). The first-order valence-electron chi connectivity index (χ1n) is 9.04. The molecular formula is C18H22N8O2. The second-order valence-electron chi connectivity index (χ2n) is 7.98. The molecule has 146 valence electrons. The van der Waals surface area contributed by atoms with E-state index in [0.29, 0.717) is 18.7 Å². The maximum Gasteiger partial charge on any atom is 0.279 e. The van der Waals surface area contributed by atoms with Crippen molar-refractivity contribution in [2.45, 2.75) is 32.2 Å². The minimum absolute atomic E-state index is 0.0191. The molecule has 4 heterocycles. The largest absolute Gasteiger partial charge is 0.351 e. The molecule has 0 aliphatic carbocycles. The molecule has 1 saturated heterocycles. The number of anilines is 1. The highest BCUT2D eigenvalue weighted by Crippen LogP contribution is 2.24. The molecule has 0 aromatic carbocycles. The Morgan fingerprint density at radius 1 is 1.25 bits per heavy atom. The molecule has 1 amide bonds. The summed E-state index contributed by atoms with van der Waals surface area (Å²) in [4.78, 5) is 34.3. The fourth-order valence-corrected chi connectivity index (χ4v) is 3.14. The summed E-state index contributed by atoms with van der Waals surface area (Å²) >= 11 is 0. The number of fused-ring (bicyclic) bond motifs is 1. The Balaban J connectivity index is 1.50. The van der Waals surface area contributed by atoms with E-state index in [-0.39, 0.29) is 23.1 Å². The smallest absolute Gasteiger partial charge is 0.279 e. The lowest BCUT2D eigenvalue weighted by Gasteiger charge is -2.44. The van der Waals surface area contributed by atoms with Crippen molar-refractivity contribution in [2.75, 3.05) is 25.0 Å². The van der Waals surface area contributed by atoms with Crippen LogP contribution >= 0.6 is 0 Å². The molecule has 28 heavy (non-hydrogen) atoms. The van der Waals surface area contributed by atoms with Crippen LogP contribution in [0.5, 0.6) is 0 Å². The molecule has 0 atom stereocenters. The van der Waals surface area contributed by atoms with Crippen LogP contribution in [-0.2, 0) is 5.41 Å². The molecule has 10 heteroatoms. The number of likely N-dealkylation sites (N-methyl/N-ethyl adjacent to an activating group) is 1. The summed E-state index contributed by atoms with van der Waals surface area (Å²) in [6.07, 6.45) is 2.81. The number of amides is 1. The van der Waals surface area contributed by atoms with Crippen molar-refractivity contribution in [3.8, 4) is 0 Å². The van der Waals surface area contributed by atoms with Gasteiger partial charge in [-0.2, -0.15) is 4.52 Å². The SMILES string of the molecule is CN(C(=O)c1ncc[nH]c1=O)C1CN(c2ccc3nnc(C(C)(C)C)n3n2)C1. The average Bonchev–Trinajstić information content (AvgIpc) is 3.04. The third kappa shape index (κ3) is 3.00. The van der Waals surface area contributed by atoms with Crippen molar-refractivity contribution < 1.29 is 4.79 Å². The van der Waals surface area contributed by atoms with Crippen LogP contribution in [0.1, 0.15) is 37.1 Å². The summed E-state index contributed by atoms with van der Waals surface area (Å²) in [5.74, 6) is 1.21. The summed E-state index contributed by atoms with van der Waals surface area (Å²) in [6, 6.07) is 3.77. The van der Waals surface area contributed by atoms with Crippen molar-refractivity contribution in [2.24, 2.45) is 0 Å². The van der Waals surface area contributed by atoms with Crippen molar-refractivity contribution >= 4 is 17.4 Å². The monoisotopic (exact) mass is 382 g/mol. The van der Waals surface area contributed by atoms with Crippen LogP contribution in [0.3, 0.4) is 0 Å². The van der Waals surface area contributed by atoms with E-state index in [4.69, 9.17) is 0 Å². The third-order valence-electron chi connectivity index (χ3n) is 4.88. The Morgan fingerprint density at radius 2 is 2.00 bits per heavy atom. The number of hydrogen-bond acceptors (Lipinski definition) is 7. The Labute approximate surface area is 161 Å². The molecule has 1 aliphatic rings. The van der Waals surface area contributed by atoms with Gasteiger partial charge < -0.3 is 14.8 Å². The molecule has 1 N–H and O–H groups in total. The van der Waals surface area contributed by atoms with Crippen molar-refractivity contribution in [3.05, 3.63) is 46.4 Å². The van der Waals surface area contributed by atoms with Gasteiger partial charge in [0.15, 0.2) is 17.2 Å². The fraction of sp³-hybridized carbons (Fsp3) is 0.444. The molecule has 0 bridgehead atoms. The molecule has 1 fully saturated rings. The molecule has 10 nitrogen and oxygen atoms in total. The lowest BCUT2D eigenvalue weighted by Crippen LogP contribution is -2.60. The predicted molar refractivity (Wildman–Crippen MR) is 102 cm³/mol. The van der Waals surface area contributed by atoms with Crippen LogP contribution in [0.25, 0.3) is 5.65 Å². The lowest BCUT2D eigenvalue weighted by atomic mass is 9.96. The van der Waals surface area contributed by atoms with Crippen LogP contribution in [-0.4, -0.2) is 66.8 Å². The van der Waals surface area contributed by atoms with E-state index in [1.165, 1.54) is 12.4 Å². The molecule has 3 aromatic heterocycles. The Kier molecular flexibility index (Phi) is 4.13. The molecule has 1 aliphatic heterocycles. The number of nitrogens with zero attached hydrogens (tertiary/aromatic N) is 7. The topological polar surface area (TPSA) is 112 Å². The van der Waals surface area contributed by atoms with E-state index in [2.05, 4.69) is 50.9 Å². The van der Waals surface area contributed by atoms with Crippen LogP contribution in [0, 0.1) is 0 Å². The van der Waals surface area contributed by atoms with E-state index in [9.17, 15) is 9.59 Å². The highest BCUT2D eigenvalue weighted by Gasteiger charge is 2.35. The van der Waals surface area contributed by atoms with Gasteiger partial charge in [-0.05, 0) is 12.1 Å². The molecular weight excluding hydrogens is 360 g/mol. The normalized spacial score (nSPS) is 14.9. The number of rotatable bonds is 3. The van der Waals surface area contributed by atoms with Gasteiger partial charge in [0, 0.05) is 37.9 Å². The van der Waals surface area contributed by atoms with Crippen LogP contribution in [0.15, 0.2) is 29.3 Å². The molecule has 0 unspecified atom stereocenters. The molecule has 0 saturated carbocycles. The summed E-state index contributed by atoms with van der Waals surface area (Å²) in [6.45, 7) is 7.45. The van der Waals surface area contributed by atoms with Gasteiger partial charge in [-0.1, -0.05) is 20.8 Å². The number of aromatic nitrogens is 6. The zero-order chi connectivity index (χ0) is 20.1. The van der Waals surface area contributed by atoms with Gasteiger partial charge in [0.2, 0.25) is 0 Å². The Bertz CT molecular complexity index is 1090. The number of hydrogen-bond donors (Lipinski definition) is 1. The first-order valence-corrected chi connectivity index (χ1v) is 9.04. The van der Waals surface area contributed by atoms with Crippen LogP contribution < -0.4 is 10.5 Å². The average molecular weight is 382 g/mol. The Morgan fingerprint density at radius 3 is 2.68 bits per heavy atom. The number of aromatic amines is 1. The second kappa shape index (κ2) is 6.39. The zero-order valence-corrected chi connectivity index (χ0v) is 16.2. The van der Waals surface area contributed by atoms with Crippen molar-refractivity contribution in [1.82, 2.24) is 34.7 Å². The predicted octanol–water partition coefficient (Wildman–Crippen LogP) is 0.466. The molecule has 0 radical (unpaired) electrons. The minimum atomic E-state index is -0.482. The van der Waals surface area contributed by atoms with Gasteiger partial charge >= 0.3 is 0 Å². The van der Waals surface area contributed by atoms with E-state index >= 15 is 0 Å². The number of nitrogens with one attached hydrogen (secondary N) is 1. The standard InChI is InChI=1S/C18H22N8O2/c1-18(2,3)17-22-21-12-5-6-13(23-26(12)17)25-9-11(10-25)24(4)16(28)14-15(27)20-8-7-19-14/h5-8,11H,9-10H2,1-4H3,(H,20,27). The van der Waals surface area contributed by atoms with Gasteiger partial charge in [-0.15, -0.1) is 15.3 Å². The number of H-pyrrole nitrogens is 1. The van der Waals surface area contributed by atoms with Gasteiger partial charge in [-0.3, -0.25) is 9.59 Å². The quantitative estimate of drug-likeness (QED) is 0.700. The van der Waals surface area contributed by atoms with Crippen LogP contribution in [0.4, 0.5) is 5.82 Å². The van der Waals surface area contributed by atoms with Gasteiger partial charge in [0.05, 0.1) is 6.04 Å². The highest BCUT2D eigenvalue weighted by molar-refractivity contribution is 5.92.